The number of fused-ring (bicyclic) bond motifs is 2. The van der Waals surface area contributed by atoms with Crippen molar-refractivity contribution < 1.29 is 25.2 Å². The molecule has 0 heterocycles. The van der Waals surface area contributed by atoms with Crippen LogP contribution in [0.15, 0.2) is 71.2 Å². The van der Waals surface area contributed by atoms with E-state index in [0.29, 0.717) is 11.9 Å². The van der Waals surface area contributed by atoms with Gasteiger partial charge in [0, 0.05) is 11.9 Å². The highest BCUT2D eigenvalue weighted by atomic mass is 32.2. The molecule has 154 valence electrons. The van der Waals surface area contributed by atoms with Gasteiger partial charge in [-0.15, -0.1) is 0 Å². The summed E-state index contributed by atoms with van der Waals surface area (Å²) in [6, 6.07) is 13.6. The number of hydrogen-bond donors (Lipinski definition) is 0. The van der Waals surface area contributed by atoms with Crippen molar-refractivity contribution in [3.05, 3.63) is 61.4 Å². The van der Waals surface area contributed by atoms with E-state index in [1.807, 2.05) is 24.3 Å². The Kier molecular flexibility index (Phi) is 5.95. The second-order valence-corrected chi connectivity index (χ2v) is 9.70. The Bertz CT molecular complexity index is 1280. The van der Waals surface area contributed by atoms with E-state index in [4.69, 9.17) is 4.18 Å². The Hall–Kier alpha value is -2.46. The quantitative estimate of drug-likeness (QED) is 0.305. The van der Waals surface area contributed by atoms with Crippen molar-refractivity contribution in [1.29, 1.82) is 0 Å². The Labute approximate surface area is 170 Å². The number of rotatable bonds is 8. The zero-order valence-corrected chi connectivity index (χ0v) is 17.7. The lowest BCUT2D eigenvalue weighted by Crippen LogP contribution is -2.21. The highest BCUT2D eigenvalue weighted by Crippen LogP contribution is 2.34. The minimum absolute atomic E-state index is 0.124. The molecule has 0 spiro atoms. The largest absolute Gasteiger partial charge is 0.388 e. The molecule has 0 unspecified atom stereocenters. The highest BCUT2D eigenvalue weighted by molar-refractivity contribution is 7.90. The molecule has 3 aromatic rings. The van der Waals surface area contributed by atoms with Crippen molar-refractivity contribution in [2.24, 2.45) is 0 Å². The fraction of sp³-hybridized carbons (Fsp3) is 0.200. The summed E-state index contributed by atoms with van der Waals surface area (Å²) >= 11 is 0. The summed E-state index contributed by atoms with van der Waals surface area (Å²) in [5.41, 5.74) is 0. The zero-order chi connectivity index (χ0) is 21.2. The molecule has 3 aromatic carbocycles. The van der Waals surface area contributed by atoms with Crippen molar-refractivity contribution in [2.75, 3.05) is 27.2 Å². The molecular weight excluding hydrogens is 414 g/mol. The molecule has 0 fully saturated rings. The van der Waals surface area contributed by atoms with Gasteiger partial charge >= 0.3 is 10.1 Å². The van der Waals surface area contributed by atoms with Crippen molar-refractivity contribution in [3.8, 4) is 0 Å². The van der Waals surface area contributed by atoms with Crippen molar-refractivity contribution in [3.63, 3.8) is 0 Å². The first kappa shape index (κ1) is 21.3. The zero-order valence-electron chi connectivity index (χ0n) is 16.0. The lowest BCUT2D eigenvalue weighted by molar-refractivity contribution is 0.265. The minimum Gasteiger partial charge on any atom is -0.388 e. The third-order valence-electron chi connectivity index (χ3n) is 4.29. The van der Waals surface area contributed by atoms with Gasteiger partial charge in [0.05, 0.1) is 12.9 Å². The summed E-state index contributed by atoms with van der Waals surface area (Å²) in [5.74, 6) is 0. The van der Waals surface area contributed by atoms with E-state index in [1.54, 1.807) is 37.2 Å². The first-order chi connectivity index (χ1) is 13.7. The van der Waals surface area contributed by atoms with Gasteiger partial charge in [-0.2, -0.15) is 16.8 Å². The summed E-state index contributed by atoms with van der Waals surface area (Å²) < 4.78 is 61.0. The normalized spacial score (nSPS) is 12.5. The van der Waals surface area contributed by atoms with Crippen LogP contribution in [0.3, 0.4) is 0 Å². The van der Waals surface area contributed by atoms with Crippen LogP contribution in [-0.4, -0.2) is 49.0 Å². The van der Waals surface area contributed by atoms with Crippen LogP contribution in [0.4, 0.5) is 0 Å². The molecule has 0 saturated carbocycles. The molecule has 0 aliphatic rings. The molecule has 0 N–H and O–H groups in total. The fourth-order valence-electron chi connectivity index (χ4n) is 2.95. The van der Waals surface area contributed by atoms with Crippen LogP contribution in [0.2, 0.25) is 0 Å². The molecule has 0 aliphatic carbocycles. The maximum atomic E-state index is 13.0. The molecular formula is C20H21NO6S2. The Morgan fingerprint density at radius 1 is 0.931 bits per heavy atom. The lowest BCUT2D eigenvalue weighted by atomic mass is 10.0. The molecule has 3 rings (SSSR count). The van der Waals surface area contributed by atoms with E-state index < -0.39 is 30.0 Å². The first-order valence-electron chi connectivity index (χ1n) is 8.69. The SMILES string of the molecule is C=COS(=O)(=O)c1ccc2cc3ccccc3cc2c1S(=O)(=O)OCCN(C)C. The van der Waals surface area contributed by atoms with Gasteiger partial charge in [-0.25, -0.2) is 0 Å². The molecule has 29 heavy (non-hydrogen) atoms. The van der Waals surface area contributed by atoms with E-state index in [0.717, 1.165) is 17.0 Å². The Morgan fingerprint density at radius 2 is 1.59 bits per heavy atom. The molecule has 0 atom stereocenters. The van der Waals surface area contributed by atoms with Crippen LogP contribution in [0.1, 0.15) is 0 Å². The average Bonchev–Trinajstić information content (AvgIpc) is 2.64. The predicted molar refractivity (Wildman–Crippen MR) is 112 cm³/mol. The van der Waals surface area contributed by atoms with Gasteiger partial charge in [0.15, 0.2) is 0 Å². The topological polar surface area (TPSA) is 90.0 Å². The molecule has 0 aromatic heterocycles. The smallest absolute Gasteiger partial charge is 0.340 e. The second-order valence-electron chi connectivity index (χ2n) is 6.61. The third-order valence-corrected chi connectivity index (χ3v) is 7.11. The summed E-state index contributed by atoms with van der Waals surface area (Å²) in [4.78, 5) is 0.816. The summed E-state index contributed by atoms with van der Waals surface area (Å²) in [6.45, 7) is 3.47. The number of likely N-dealkylation sites (N-methyl/N-ethyl adjacent to an activating group) is 1. The monoisotopic (exact) mass is 435 g/mol. The van der Waals surface area contributed by atoms with E-state index in [2.05, 4.69) is 10.8 Å². The number of nitrogens with zero attached hydrogens (tertiary/aromatic N) is 1. The van der Waals surface area contributed by atoms with Crippen LogP contribution >= 0.6 is 0 Å². The van der Waals surface area contributed by atoms with E-state index in [-0.39, 0.29) is 12.0 Å². The number of hydrogen-bond acceptors (Lipinski definition) is 7. The van der Waals surface area contributed by atoms with Crippen LogP contribution in [-0.2, 0) is 28.6 Å². The van der Waals surface area contributed by atoms with E-state index in [1.165, 1.54) is 6.07 Å². The van der Waals surface area contributed by atoms with Crippen molar-refractivity contribution in [1.82, 2.24) is 4.90 Å². The number of benzene rings is 3. The predicted octanol–water partition coefficient (Wildman–Crippen LogP) is 3.11. The van der Waals surface area contributed by atoms with Gasteiger partial charge in [-0.1, -0.05) is 36.9 Å². The maximum Gasteiger partial charge on any atom is 0.340 e. The standard InChI is InChI=1S/C20H21NO6S2/c1-4-26-28(22,23)19-10-9-17-13-15-7-5-6-8-16(15)14-18(17)20(19)29(24,25)27-12-11-21(2)3/h4-10,13-14H,1,11-12H2,2-3H3. The summed E-state index contributed by atoms with van der Waals surface area (Å²) in [5, 5.41) is 2.47. The Morgan fingerprint density at radius 3 is 2.21 bits per heavy atom. The molecule has 7 nitrogen and oxygen atoms in total. The second kappa shape index (κ2) is 8.11. The molecule has 0 bridgehead atoms. The Balaban J connectivity index is 2.31. The van der Waals surface area contributed by atoms with Gasteiger partial charge in [-0.05, 0) is 48.5 Å². The van der Waals surface area contributed by atoms with Crippen LogP contribution < -0.4 is 0 Å². The highest BCUT2D eigenvalue weighted by Gasteiger charge is 2.30. The first-order valence-corrected chi connectivity index (χ1v) is 11.5. The summed E-state index contributed by atoms with van der Waals surface area (Å²) in [6.07, 6.45) is 0.739. The molecule has 0 aliphatic heterocycles. The molecule has 0 radical (unpaired) electrons. The van der Waals surface area contributed by atoms with Crippen LogP contribution in [0, 0.1) is 0 Å². The van der Waals surface area contributed by atoms with Crippen molar-refractivity contribution in [2.45, 2.75) is 9.79 Å². The van der Waals surface area contributed by atoms with Gasteiger partial charge < -0.3 is 9.08 Å². The van der Waals surface area contributed by atoms with Gasteiger partial charge in [0.25, 0.3) is 10.1 Å². The minimum atomic E-state index is -4.40. The van der Waals surface area contributed by atoms with Gasteiger partial charge in [0.1, 0.15) is 9.79 Å². The lowest BCUT2D eigenvalue weighted by Gasteiger charge is -2.15. The van der Waals surface area contributed by atoms with Crippen LogP contribution in [0.5, 0.6) is 0 Å². The van der Waals surface area contributed by atoms with E-state index >= 15 is 0 Å². The van der Waals surface area contributed by atoms with Gasteiger partial charge in [-0.3, -0.25) is 4.18 Å². The van der Waals surface area contributed by atoms with Crippen molar-refractivity contribution >= 4 is 41.8 Å². The fourth-order valence-corrected chi connectivity index (χ4v) is 5.59. The molecule has 9 heteroatoms. The van der Waals surface area contributed by atoms with E-state index in [9.17, 15) is 16.8 Å². The van der Waals surface area contributed by atoms with Crippen LogP contribution in [0.25, 0.3) is 21.5 Å². The third kappa shape index (κ3) is 4.43. The summed E-state index contributed by atoms with van der Waals surface area (Å²) in [7, 11) is -5.26. The molecule has 0 saturated heterocycles. The van der Waals surface area contributed by atoms with Gasteiger partial charge in [0.2, 0.25) is 0 Å². The molecule has 0 amide bonds. The average molecular weight is 436 g/mol. The maximum absolute atomic E-state index is 13.0.